The summed E-state index contributed by atoms with van der Waals surface area (Å²) in [5.41, 5.74) is 3.24. The highest BCUT2D eigenvalue weighted by Crippen LogP contribution is 2.18. The number of aromatic nitrogens is 2. The molecule has 1 amide bonds. The number of rotatable bonds is 5. The lowest BCUT2D eigenvalue weighted by molar-refractivity contribution is 0.0730. The quantitative estimate of drug-likeness (QED) is 0.535. The smallest absolute Gasteiger partial charge is 0.323 e. The second-order valence-electron chi connectivity index (χ2n) is 6.94. The van der Waals surface area contributed by atoms with Crippen molar-refractivity contribution in [3.8, 4) is 6.07 Å². The Morgan fingerprint density at radius 2 is 1.67 bits per heavy atom. The predicted molar refractivity (Wildman–Crippen MR) is 110 cm³/mol. The number of fused-ring (bicyclic) bond motifs is 1. The Kier molecular flexibility index (Phi) is 5.14. The van der Waals surface area contributed by atoms with E-state index in [0.29, 0.717) is 27.7 Å². The lowest BCUT2D eigenvalue weighted by atomic mass is 10.1. The van der Waals surface area contributed by atoms with Gasteiger partial charge in [0.05, 0.1) is 22.7 Å². The first-order chi connectivity index (χ1) is 14.5. The molecule has 30 heavy (non-hydrogen) atoms. The van der Waals surface area contributed by atoms with Gasteiger partial charge < -0.3 is 14.9 Å². The number of H-pyrrole nitrogens is 2. The Morgan fingerprint density at radius 3 is 2.40 bits per heavy atom. The van der Waals surface area contributed by atoms with Gasteiger partial charge in [-0.2, -0.15) is 5.26 Å². The molecule has 0 unspecified atom stereocenters. The summed E-state index contributed by atoms with van der Waals surface area (Å²) in [6.45, 7) is 0.487. The molecule has 0 aliphatic rings. The van der Waals surface area contributed by atoms with E-state index in [-0.39, 0.29) is 30.5 Å². The maximum atomic E-state index is 13.7. The average Bonchev–Trinajstić information content (AvgIpc) is 3.12. The summed E-state index contributed by atoms with van der Waals surface area (Å²) in [4.78, 5) is 31.7. The molecule has 0 atom stereocenters. The van der Waals surface area contributed by atoms with Crippen molar-refractivity contribution in [3.05, 3.63) is 105 Å². The zero-order valence-corrected chi connectivity index (χ0v) is 15.9. The van der Waals surface area contributed by atoms with Gasteiger partial charge in [0, 0.05) is 18.7 Å². The molecule has 0 saturated carbocycles. The van der Waals surface area contributed by atoms with Gasteiger partial charge in [0.15, 0.2) is 0 Å². The van der Waals surface area contributed by atoms with Crippen LogP contribution in [0.4, 0.5) is 4.39 Å². The molecule has 2 N–H and O–H groups in total. The molecule has 148 valence electrons. The van der Waals surface area contributed by atoms with E-state index >= 15 is 0 Å². The standard InChI is InChI=1S/C23H17FN4O2/c24-19-3-1-2-17(10-19)14-28(13-16-6-4-15(12-25)5-7-16)22(29)18-8-9-20-21(11-18)27-23(30)26-20/h1-11H,13-14H2,(H2,26,27,30). The van der Waals surface area contributed by atoms with Crippen LogP contribution in [0.5, 0.6) is 0 Å². The number of carbonyl (C=O) groups is 1. The number of nitrogens with zero attached hydrogens (tertiary/aromatic N) is 2. The molecule has 1 aromatic heterocycles. The minimum absolute atomic E-state index is 0.207. The normalized spacial score (nSPS) is 10.7. The summed E-state index contributed by atoms with van der Waals surface area (Å²) >= 11 is 0. The summed E-state index contributed by atoms with van der Waals surface area (Å²) in [5.74, 6) is -0.628. The van der Waals surface area contributed by atoms with Gasteiger partial charge in [-0.1, -0.05) is 24.3 Å². The van der Waals surface area contributed by atoms with Gasteiger partial charge in [-0.15, -0.1) is 0 Å². The maximum Gasteiger partial charge on any atom is 0.323 e. The number of hydrogen-bond acceptors (Lipinski definition) is 3. The zero-order valence-electron chi connectivity index (χ0n) is 15.9. The van der Waals surface area contributed by atoms with Crippen molar-refractivity contribution in [1.29, 1.82) is 5.26 Å². The van der Waals surface area contributed by atoms with Crippen molar-refractivity contribution >= 4 is 16.9 Å². The van der Waals surface area contributed by atoms with Crippen molar-refractivity contribution < 1.29 is 9.18 Å². The minimum Gasteiger partial charge on any atom is -0.330 e. The van der Waals surface area contributed by atoms with E-state index in [4.69, 9.17) is 5.26 Å². The Labute approximate surface area is 171 Å². The van der Waals surface area contributed by atoms with Gasteiger partial charge in [-0.3, -0.25) is 4.79 Å². The van der Waals surface area contributed by atoms with Crippen LogP contribution in [0, 0.1) is 17.1 Å². The molecule has 0 bridgehead atoms. The van der Waals surface area contributed by atoms with Gasteiger partial charge in [0.25, 0.3) is 5.91 Å². The Morgan fingerprint density at radius 1 is 0.933 bits per heavy atom. The van der Waals surface area contributed by atoms with Gasteiger partial charge in [0.1, 0.15) is 5.82 Å². The monoisotopic (exact) mass is 400 g/mol. The minimum atomic E-state index is -0.371. The molecule has 3 aromatic carbocycles. The van der Waals surface area contributed by atoms with Crippen molar-refractivity contribution in [2.75, 3.05) is 0 Å². The highest BCUT2D eigenvalue weighted by molar-refractivity contribution is 5.97. The van der Waals surface area contributed by atoms with Gasteiger partial charge in [-0.25, -0.2) is 9.18 Å². The molecule has 7 heteroatoms. The molecule has 0 radical (unpaired) electrons. The first-order valence-electron chi connectivity index (χ1n) is 9.26. The lowest BCUT2D eigenvalue weighted by Gasteiger charge is -2.23. The second-order valence-corrected chi connectivity index (χ2v) is 6.94. The van der Waals surface area contributed by atoms with Crippen molar-refractivity contribution in [3.63, 3.8) is 0 Å². The highest BCUT2D eigenvalue weighted by Gasteiger charge is 2.18. The average molecular weight is 400 g/mol. The third-order valence-electron chi connectivity index (χ3n) is 4.77. The predicted octanol–water partition coefficient (Wildman–Crippen LogP) is 3.71. The van der Waals surface area contributed by atoms with Gasteiger partial charge in [-0.05, 0) is 53.6 Å². The Balaban J connectivity index is 1.67. The fourth-order valence-corrected chi connectivity index (χ4v) is 3.31. The topological polar surface area (TPSA) is 92.8 Å². The third-order valence-corrected chi connectivity index (χ3v) is 4.77. The third kappa shape index (κ3) is 4.13. The molecule has 6 nitrogen and oxygen atoms in total. The SMILES string of the molecule is N#Cc1ccc(CN(Cc2cccc(F)c2)C(=O)c2ccc3[nH]c(=O)[nH]c3c2)cc1. The molecule has 0 saturated heterocycles. The van der Waals surface area contributed by atoms with Crippen LogP contribution in [-0.2, 0) is 13.1 Å². The number of carbonyl (C=O) groups excluding carboxylic acids is 1. The molecule has 0 aliphatic carbocycles. The van der Waals surface area contributed by atoms with Crippen molar-refractivity contribution in [2.24, 2.45) is 0 Å². The van der Waals surface area contributed by atoms with Crippen LogP contribution >= 0.6 is 0 Å². The van der Waals surface area contributed by atoms with Crippen LogP contribution < -0.4 is 5.69 Å². The molecule has 4 rings (SSSR count). The van der Waals surface area contributed by atoms with Crippen LogP contribution in [-0.4, -0.2) is 20.8 Å². The van der Waals surface area contributed by atoms with Crippen molar-refractivity contribution in [1.82, 2.24) is 14.9 Å². The zero-order chi connectivity index (χ0) is 21.1. The number of benzene rings is 3. The number of imidazole rings is 1. The lowest BCUT2D eigenvalue weighted by Crippen LogP contribution is -2.30. The molecular formula is C23H17FN4O2. The van der Waals surface area contributed by atoms with Crippen LogP contribution in [0.2, 0.25) is 0 Å². The number of aromatic amines is 2. The number of halogens is 1. The molecule has 0 fully saturated rings. The number of amides is 1. The van der Waals surface area contributed by atoms with E-state index in [9.17, 15) is 14.0 Å². The van der Waals surface area contributed by atoms with Crippen molar-refractivity contribution in [2.45, 2.75) is 13.1 Å². The summed E-state index contributed by atoms with van der Waals surface area (Å²) < 4.78 is 13.7. The molecular weight excluding hydrogens is 383 g/mol. The fourth-order valence-electron chi connectivity index (χ4n) is 3.31. The van der Waals surface area contributed by atoms with E-state index in [2.05, 4.69) is 16.0 Å². The summed E-state index contributed by atoms with van der Waals surface area (Å²) in [7, 11) is 0. The highest BCUT2D eigenvalue weighted by atomic mass is 19.1. The fraction of sp³-hybridized carbons (Fsp3) is 0.0870. The first-order valence-corrected chi connectivity index (χ1v) is 9.26. The molecule has 0 spiro atoms. The Bertz CT molecular complexity index is 1320. The van der Waals surface area contributed by atoms with E-state index in [1.807, 2.05) is 0 Å². The van der Waals surface area contributed by atoms with Crippen LogP contribution in [0.1, 0.15) is 27.0 Å². The first kappa shape index (κ1) is 19.2. The second kappa shape index (κ2) is 8.05. The van der Waals surface area contributed by atoms with Crippen LogP contribution in [0.3, 0.4) is 0 Å². The van der Waals surface area contributed by atoms with E-state index in [1.54, 1.807) is 59.5 Å². The van der Waals surface area contributed by atoms with E-state index in [1.165, 1.54) is 12.1 Å². The number of nitriles is 1. The Hall–Kier alpha value is -4.18. The largest absolute Gasteiger partial charge is 0.330 e. The van der Waals surface area contributed by atoms with Gasteiger partial charge >= 0.3 is 5.69 Å². The van der Waals surface area contributed by atoms with Crippen LogP contribution in [0.25, 0.3) is 11.0 Å². The summed E-state index contributed by atoms with van der Waals surface area (Å²) in [5, 5.41) is 8.98. The van der Waals surface area contributed by atoms with Gasteiger partial charge in [0.2, 0.25) is 0 Å². The maximum absolute atomic E-state index is 13.7. The van der Waals surface area contributed by atoms with Crippen LogP contribution in [0.15, 0.2) is 71.5 Å². The summed E-state index contributed by atoms with van der Waals surface area (Å²) in [6, 6.07) is 20.1. The summed E-state index contributed by atoms with van der Waals surface area (Å²) in [6.07, 6.45) is 0. The molecule has 4 aromatic rings. The van der Waals surface area contributed by atoms with E-state index in [0.717, 1.165) is 5.56 Å². The molecule has 0 aliphatic heterocycles. The van der Waals surface area contributed by atoms with E-state index < -0.39 is 0 Å². The number of nitrogens with one attached hydrogen (secondary N) is 2. The number of hydrogen-bond donors (Lipinski definition) is 2. The molecule has 1 heterocycles.